The number of rotatable bonds is 3. The van der Waals surface area contributed by atoms with Gasteiger partial charge in [0.05, 0.1) is 19.7 Å². The molecule has 0 unspecified atom stereocenters. The van der Waals surface area contributed by atoms with Crippen LogP contribution in [-0.2, 0) is 9.53 Å². The summed E-state index contributed by atoms with van der Waals surface area (Å²) in [5.74, 6) is -0.0294. The third-order valence-electron chi connectivity index (χ3n) is 4.11. The van der Waals surface area contributed by atoms with Gasteiger partial charge in [-0.15, -0.1) is 0 Å². The predicted octanol–water partition coefficient (Wildman–Crippen LogP) is 4.19. The zero-order valence-corrected chi connectivity index (χ0v) is 14.7. The Bertz CT molecular complexity index is 777. The molecule has 0 aromatic heterocycles. The SMILES string of the molecule is CCOC(=O)N1C/C(=C/c2ccccc2)C(=O)/C(=C\c2ccccc2)C1. The normalized spacial score (nSPS) is 17.6. The Labute approximate surface area is 153 Å². The van der Waals surface area contributed by atoms with Gasteiger partial charge >= 0.3 is 6.09 Å². The summed E-state index contributed by atoms with van der Waals surface area (Å²) in [6.07, 6.45) is 3.27. The van der Waals surface area contributed by atoms with E-state index in [1.54, 1.807) is 11.8 Å². The minimum atomic E-state index is -0.405. The lowest BCUT2D eigenvalue weighted by atomic mass is 9.94. The van der Waals surface area contributed by atoms with Gasteiger partial charge in [0.1, 0.15) is 0 Å². The highest BCUT2D eigenvalue weighted by Gasteiger charge is 2.29. The Hall–Kier alpha value is -3.14. The van der Waals surface area contributed by atoms with E-state index in [-0.39, 0.29) is 18.9 Å². The quantitative estimate of drug-likeness (QED) is 0.782. The molecule has 4 heteroatoms. The number of hydrogen-bond acceptors (Lipinski definition) is 3. The van der Waals surface area contributed by atoms with E-state index in [1.165, 1.54) is 0 Å². The maximum absolute atomic E-state index is 12.9. The number of amides is 1. The van der Waals surface area contributed by atoms with Gasteiger partial charge in [-0.05, 0) is 30.2 Å². The Morgan fingerprint density at radius 3 is 1.81 bits per heavy atom. The molecule has 26 heavy (non-hydrogen) atoms. The van der Waals surface area contributed by atoms with Crippen LogP contribution in [0.15, 0.2) is 71.8 Å². The third kappa shape index (κ3) is 4.28. The predicted molar refractivity (Wildman–Crippen MR) is 102 cm³/mol. The molecule has 0 radical (unpaired) electrons. The van der Waals surface area contributed by atoms with Crippen molar-refractivity contribution in [1.29, 1.82) is 0 Å². The van der Waals surface area contributed by atoms with Gasteiger partial charge < -0.3 is 4.74 Å². The van der Waals surface area contributed by atoms with Crippen molar-refractivity contribution in [3.8, 4) is 0 Å². The molecule has 2 aromatic rings. The van der Waals surface area contributed by atoms with Crippen LogP contribution >= 0.6 is 0 Å². The smallest absolute Gasteiger partial charge is 0.410 e. The first-order valence-electron chi connectivity index (χ1n) is 8.65. The van der Waals surface area contributed by atoms with E-state index in [0.29, 0.717) is 17.8 Å². The molecule has 0 N–H and O–H groups in total. The summed E-state index contributed by atoms with van der Waals surface area (Å²) in [5.41, 5.74) is 3.02. The maximum Gasteiger partial charge on any atom is 0.410 e. The number of hydrogen-bond donors (Lipinski definition) is 0. The molecule has 1 fully saturated rings. The summed E-state index contributed by atoms with van der Waals surface area (Å²) in [6, 6.07) is 19.3. The minimum absolute atomic E-state index is 0.0294. The molecule has 132 valence electrons. The fourth-order valence-electron chi connectivity index (χ4n) is 2.88. The van der Waals surface area contributed by atoms with Crippen LogP contribution in [0.5, 0.6) is 0 Å². The van der Waals surface area contributed by atoms with Crippen molar-refractivity contribution in [2.45, 2.75) is 6.92 Å². The van der Waals surface area contributed by atoms with Crippen molar-refractivity contribution in [2.75, 3.05) is 19.7 Å². The first-order chi connectivity index (χ1) is 12.7. The van der Waals surface area contributed by atoms with Crippen molar-refractivity contribution < 1.29 is 14.3 Å². The highest BCUT2D eigenvalue weighted by Crippen LogP contribution is 2.22. The van der Waals surface area contributed by atoms with Crippen LogP contribution in [0, 0.1) is 0 Å². The summed E-state index contributed by atoms with van der Waals surface area (Å²) in [5, 5.41) is 0. The molecule has 0 bridgehead atoms. The summed E-state index contributed by atoms with van der Waals surface area (Å²) < 4.78 is 5.13. The molecule has 4 nitrogen and oxygen atoms in total. The van der Waals surface area contributed by atoms with Crippen LogP contribution in [-0.4, -0.2) is 36.5 Å². The van der Waals surface area contributed by atoms with E-state index in [4.69, 9.17) is 4.74 Å². The lowest BCUT2D eigenvalue weighted by Gasteiger charge is -2.29. The summed E-state index contributed by atoms with van der Waals surface area (Å²) in [6.45, 7) is 2.57. The van der Waals surface area contributed by atoms with Crippen LogP contribution in [0.1, 0.15) is 18.1 Å². The maximum atomic E-state index is 12.9. The number of benzene rings is 2. The van der Waals surface area contributed by atoms with Gasteiger partial charge in [-0.25, -0.2) is 4.79 Å². The Balaban J connectivity index is 1.96. The molecule has 2 aromatic carbocycles. The van der Waals surface area contributed by atoms with Crippen molar-refractivity contribution in [3.05, 3.63) is 82.9 Å². The van der Waals surface area contributed by atoms with Gasteiger partial charge in [0.2, 0.25) is 0 Å². The first kappa shape index (κ1) is 17.7. The molecule has 0 spiro atoms. The van der Waals surface area contributed by atoms with Gasteiger partial charge in [-0.1, -0.05) is 60.7 Å². The van der Waals surface area contributed by atoms with Gasteiger partial charge in [-0.2, -0.15) is 0 Å². The van der Waals surface area contributed by atoms with E-state index in [9.17, 15) is 9.59 Å². The summed E-state index contributed by atoms with van der Waals surface area (Å²) in [7, 11) is 0. The summed E-state index contributed by atoms with van der Waals surface area (Å²) in [4.78, 5) is 26.7. The van der Waals surface area contributed by atoms with Crippen LogP contribution in [0.25, 0.3) is 12.2 Å². The largest absolute Gasteiger partial charge is 0.450 e. The Morgan fingerprint density at radius 1 is 0.923 bits per heavy atom. The van der Waals surface area contributed by atoms with Crippen LogP contribution in [0.2, 0.25) is 0 Å². The average Bonchev–Trinajstić information content (AvgIpc) is 2.66. The average molecular weight is 347 g/mol. The number of likely N-dealkylation sites (tertiary alicyclic amines) is 1. The molecule has 0 atom stereocenters. The Kier molecular flexibility index (Phi) is 5.64. The minimum Gasteiger partial charge on any atom is -0.450 e. The standard InChI is InChI=1S/C22H21NO3/c1-2-26-22(25)23-15-19(13-17-9-5-3-6-10-17)21(24)20(16-23)14-18-11-7-4-8-12-18/h3-14H,2,15-16H2,1H3/b19-13-,20-14-. The fourth-order valence-corrected chi connectivity index (χ4v) is 2.88. The second-order valence-corrected chi connectivity index (χ2v) is 6.04. The van der Waals surface area contributed by atoms with Crippen molar-refractivity contribution in [3.63, 3.8) is 0 Å². The van der Waals surface area contributed by atoms with Crippen LogP contribution in [0.3, 0.4) is 0 Å². The van der Waals surface area contributed by atoms with Crippen molar-refractivity contribution in [2.24, 2.45) is 0 Å². The van der Waals surface area contributed by atoms with E-state index in [2.05, 4.69) is 0 Å². The number of nitrogens with zero attached hydrogens (tertiary/aromatic N) is 1. The molecule has 0 saturated carbocycles. The van der Waals surface area contributed by atoms with E-state index < -0.39 is 6.09 Å². The molecule has 1 saturated heterocycles. The number of carbonyl (C=O) groups is 2. The van der Waals surface area contributed by atoms with Crippen molar-refractivity contribution >= 4 is 24.0 Å². The third-order valence-corrected chi connectivity index (χ3v) is 4.11. The topological polar surface area (TPSA) is 46.6 Å². The zero-order chi connectivity index (χ0) is 18.4. The lowest BCUT2D eigenvalue weighted by molar-refractivity contribution is -0.113. The van der Waals surface area contributed by atoms with Crippen molar-refractivity contribution in [1.82, 2.24) is 4.90 Å². The second-order valence-electron chi connectivity index (χ2n) is 6.04. The lowest BCUT2D eigenvalue weighted by Crippen LogP contribution is -2.41. The molecule has 1 aliphatic heterocycles. The van der Waals surface area contributed by atoms with Gasteiger partial charge in [0.25, 0.3) is 0 Å². The van der Waals surface area contributed by atoms with Crippen LogP contribution in [0.4, 0.5) is 4.79 Å². The Morgan fingerprint density at radius 2 is 1.38 bits per heavy atom. The number of carbonyl (C=O) groups excluding carboxylic acids is 2. The van der Waals surface area contributed by atoms with E-state index >= 15 is 0 Å². The molecule has 0 aliphatic carbocycles. The van der Waals surface area contributed by atoms with E-state index in [1.807, 2.05) is 72.8 Å². The number of Topliss-reactive ketones (excluding diaryl/α,β-unsaturated/α-hetero) is 1. The monoisotopic (exact) mass is 347 g/mol. The number of ether oxygens (including phenoxy) is 1. The second kappa shape index (κ2) is 8.30. The zero-order valence-electron chi connectivity index (χ0n) is 14.7. The van der Waals surface area contributed by atoms with Gasteiger partial charge in [0, 0.05) is 11.1 Å². The van der Waals surface area contributed by atoms with Gasteiger partial charge in [-0.3, -0.25) is 9.69 Å². The molecular weight excluding hydrogens is 326 g/mol. The number of piperidine rings is 1. The molecule has 1 amide bonds. The first-order valence-corrected chi connectivity index (χ1v) is 8.65. The molecule has 1 heterocycles. The molecular formula is C22H21NO3. The van der Waals surface area contributed by atoms with E-state index in [0.717, 1.165) is 11.1 Å². The highest BCUT2D eigenvalue weighted by molar-refractivity contribution is 6.15. The molecule has 3 rings (SSSR count). The molecule has 1 aliphatic rings. The van der Waals surface area contributed by atoms with Gasteiger partial charge in [0.15, 0.2) is 5.78 Å². The fraction of sp³-hybridized carbons (Fsp3) is 0.182. The number of ketones is 1. The summed E-state index contributed by atoms with van der Waals surface area (Å²) >= 11 is 0. The highest BCUT2D eigenvalue weighted by atomic mass is 16.6. The van der Waals surface area contributed by atoms with Crippen LogP contribution < -0.4 is 0 Å².